The van der Waals surface area contributed by atoms with Gasteiger partial charge in [0.05, 0.1) is 26.7 Å². The zero-order valence-corrected chi connectivity index (χ0v) is 16.2. The van der Waals surface area contributed by atoms with Crippen LogP contribution in [-0.2, 0) is 17.6 Å². The lowest BCUT2D eigenvalue weighted by molar-refractivity contribution is -0.133. The molecule has 0 bridgehead atoms. The number of hydrogen-bond donors (Lipinski definition) is 0. The highest BCUT2D eigenvalue weighted by atomic mass is 16.5. The molecule has 2 aromatic rings. The summed E-state index contributed by atoms with van der Waals surface area (Å²) in [5.74, 6) is 1.17. The fourth-order valence-electron chi connectivity index (χ4n) is 4.12. The lowest BCUT2D eigenvalue weighted by atomic mass is 9.88. The SMILES string of the molecule is COc1cc2c(cc1OC)C1CC(=O)N(CCc3ccccc3)C(=O)N1CC2. The third-order valence-electron chi connectivity index (χ3n) is 5.62. The van der Waals surface area contributed by atoms with Crippen LogP contribution in [0.2, 0.25) is 0 Å². The molecule has 0 spiro atoms. The Kier molecular flexibility index (Phi) is 4.94. The van der Waals surface area contributed by atoms with Gasteiger partial charge in [-0.25, -0.2) is 4.79 Å². The number of ether oxygens (including phenoxy) is 2. The molecule has 2 aliphatic rings. The highest BCUT2D eigenvalue weighted by molar-refractivity contribution is 5.97. The first kappa shape index (κ1) is 18.3. The lowest BCUT2D eigenvalue weighted by Crippen LogP contribution is -2.55. The van der Waals surface area contributed by atoms with Gasteiger partial charge in [-0.3, -0.25) is 9.69 Å². The van der Waals surface area contributed by atoms with Gasteiger partial charge in [0.2, 0.25) is 5.91 Å². The predicted molar refractivity (Wildman–Crippen MR) is 105 cm³/mol. The Balaban J connectivity index is 1.56. The largest absolute Gasteiger partial charge is 0.493 e. The van der Waals surface area contributed by atoms with Gasteiger partial charge in [-0.1, -0.05) is 30.3 Å². The molecule has 1 fully saturated rings. The summed E-state index contributed by atoms with van der Waals surface area (Å²) in [5.41, 5.74) is 3.21. The summed E-state index contributed by atoms with van der Waals surface area (Å²) in [6, 6.07) is 13.3. The van der Waals surface area contributed by atoms with E-state index in [9.17, 15) is 9.59 Å². The Bertz CT molecular complexity index is 897. The van der Waals surface area contributed by atoms with Crippen molar-refractivity contribution >= 4 is 11.9 Å². The molecule has 2 aromatic carbocycles. The molecule has 0 radical (unpaired) electrons. The van der Waals surface area contributed by atoms with E-state index in [0.29, 0.717) is 37.4 Å². The van der Waals surface area contributed by atoms with Crippen LogP contribution in [0.15, 0.2) is 42.5 Å². The monoisotopic (exact) mass is 380 g/mol. The number of imide groups is 1. The molecular weight excluding hydrogens is 356 g/mol. The van der Waals surface area contributed by atoms with Crippen LogP contribution in [0.4, 0.5) is 4.79 Å². The van der Waals surface area contributed by atoms with Crippen molar-refractivity contribution in [2.75, 3.05) is 27.3 Å². The van der Waals surface area contributed by atoms with Gasteiger partial charge in [0.25, 0.3) is 0 Å². The maximum atomic E-state index is 13.1. The molecule has 1 unspecified atom stereocenters. The highest BCUT2D eigenvalue weighted by Gasteiger charge is 2.42. The van der Waals surface area contributed by atoms with Gasteiger partial charge >= 0.3 is 6.03 Å². The van der Waals surface area contributed by atoms with E-state index in [1.54, 1.807) is 14.2 Å². The van der Waals surface area contributed by atoms with Gasteiger partial charge < -0.3 is 14.4 Å². The second-order valence-electron chi connectivity index (χ2n) is 7.13. The number of rotatable bonds is 5. The molecule has 2 aliphatic heterocycles. The number of methoxy groups -OCH3 is 2. The Morgan fingerprint density at radius 2 is 1.75 bits per heavy atom. The van der Waals surface area contributed by atoms with Crippen LogP contribution in [0.1, 0.15) is 29.2 Å². The minimum absolute atomic E-state index is 0.121. The second kappa shape index (κ2) is 7.54. The summed E-state index contributed by atoms with van der Waals surface area (Å²) >= 11 is 0. The standard InChI is InChI=1S/C22H24N2O4/c1-27-19-12-16-9-11-23-18(17(16)13-20(19)28-2)14-21(25)24(22(23)26)10-8-15-6-4-3-5-7-15/h3-7,12-13,18H,8-11,14H2,1-2H3. The number of hydrogen-bond acceptors (Lipinski definition) is 4. The Hall–Kier alpha value is -3.02. The van der Waals surface area contributed by atoms with Crippen LogP contribution in [0, 0.1) is 0 Å². The van der Waals surface area contributed by atoms with Crippen molar-refractivity contribution in [2.45, 2.75) is 25.3 Å². The van der Waals surface area contributed by atoms with E-state index in [1.807, 2.05) is 47.4 Å². The van der Waals surface area contributed by atoms with E-state index < -0.39 is 0 Å². The number of carbonyl (C=O) groups is 2. The average molecular weight is 380 g/mol. The normalized spacial score (nSPS) is 18.6. The smallest absolute Gasteiger partial charge is 0.327 e. The van der Waals surface area contributed by atoms with E-state index >= 15 is 0 Å². The van der Waals surface area contributed by atoms with Gasteiger partial charge in [-0.05, 0) is 41.7 Å². The van der Waals surface area contributed by atoms with Crippen LogP contribution in [0.3, 0.4) is 0 Å². The molecule has 4 rings (SSSR count). The number of amides is 3. The first-order chi connectivity index (χ1) is 13.6. The van der Waals surface area contributed by atoms with Crippen LogP contribution in [0.25, 0.3) is 0 Å². The summed E-state index contributed by atoms with van der Waals surface area (Å²) in [5, 5.41) is 0. The van der Waals surface area contributed by atoms with Crippen LogP contribution >= 0.6 is 0 Å². The molecule has 6 nitrogen and oxygen atoms in total. The van der Waals surface area contributed by atoms with E-state index in [-0.39, 0.29) is 18.0 Å². The molecule has 0 aliphatic carbocycles. The number of benzene rings is 2. The maximum absolute atomic E-state index is 13.1. The Morgan fingerprint density at radius 1 is 1.04 bits per heavy atom. The van der Waals surface area contributed by atoms with Crippen LogP contribution in [-0.4, -0.2) is 49.0 Å². The zero-order valence-electron chi connectivity index (χ0n) is 16.2. The number of carbonyl (C=O) groups excluding carboxylic acids is 2. The van der Waals surface area contributed by atoms with Crippen molar-refractivity contribution in [3.63, 3.8) is 0 Å². The molecular formula is C22H24N2O4. The van der Waals surface area contributed by atoms with Crippen LogP contribution < -0.4 is 9.47 Å². The van der Waals surface area contributed by atoms with Crippen molar-refractivity contribution in [1.29, 1.82) is 0 Å². The highest BCUT2D eigenvalue weighted by Crippen LogP contribution is 2.41. The minimum atomic E-state index is -0.239. The summed E-state index contributed by atoms with van der Waals surface area (Å²) in [4.78, 5) is 29.1. The lowest BCUT2D eigenvalue weighted by Gasteiger charge is -2.44. The molecule has 1 atom stereocenters. The average Bonchev–Trinajstić information content (AvgIpc) is 2.73. The van der Waals surface area contributed by atoms with Gasteiger partial charge in [0, 0.05) is 13.1 Å². The van der Waals surface area contributed by atoms with E-state index in [1.165, 1.54) is 4.90 Å². The van der Waals surface area contributed by atoms with Crippen LogP contribution in [0.5, 0.6) is 11.5 Å². The van der Waals surface area contributed by atoms with E-state index in [4.69, 9.17) is 9.47 Å². The van der Waals surface area contributed by atoms with Gasteiger partial charge in [-0.2, -0.15) is 0 Å². The molecule has 0 aromatic heterocycles. The summed E-state index contributed by atoms with van der Waals surface area (Å²) < 4.78 is 10.8. The maximum Gasteiger partial charge on any atom is 0.327 e. The minimum Gasteiger partial charge on any atom is -0.493 e. The third kappa shape index (κ3) is 3.19. The molecule has 146 valence electrons. The quantitative estimate of drug-likeness (QED) is 0.799. The summed E-state index contributed by atoms with van der Waals surface area (Å²) in [6.07, 6.45) is 1.69. The van der Waals surface area contributed by atoms with Crippen molar-refractivity contribution in [1.82, 2.24) is 9.80 Å². The fourth-order valence-corrected chi connectivity index (χ4v) is 4.12. The third-order valence-corrected chi connectivity index (χ3v) is 5.62. The molecule has 6 heteroatoms. The number of nitrogens with zero attached hydrogens (tertiary/aromatic N) is 2. The Labute approximate surface area is 164 Å². The molecule has 3 amide bonds. The summed E-state index contributed by atoms with van der Waals surface area (Å²) in [6.45, 7) is 1.00. The number of urea groups is 1. The molecule has 1 saturated heterocycles. The topological polar surface area (TPSA) is 59.1 Å². The second-order valence-corrected chi connectivity index (χ2v) is 7.13. The molecule has 28 heavy (non-hydrogen) atoms. The Morgan fingerprint density at radius 3 is 2.46 bits per heavy atom. The van der Waals surface area contributed by atoms with E-state index in [2.05, 4.69) is 0 Å². The first-order valence-electron chi connectivity index (χ1n) is 9.52. The zero-order chi connectivity index (χ0) is 19.7. The van der Waals surface area contributed by atoms with Crippen molar-refractivity contribution < 1.29 is 19.1 Å². The van der Waals surface area contributed by atoms with Gasteiger partial charge in [-0.15, -0.1) is 0 Å². The van der Waals surface area contributed by atoms with Gasteiger partial charge in [0.1, 0.15) is 0 Å². The van der Waals surface area contributed by atoms with Crippen molar-refractivity contribution in [3.05, 3.63) is 59.2 Å². The molecule has 0 N–H and O–H groups in total. The predicted octanol–water partition coefficient (Wildman–Crippen LogP) is 3.20. The van der Waals surface area contributed by atoms with Crippen molar-refractivity contribution in [2.24, 2.45) is 0 Å². The van der Waals surface area contributed by atoms with Gasteiger partial charge in [0.15, 0.2) is 11.5 Å². The molecule has 2 heterocycles. The number of fused-ring (bicyclic) bond motifs is 3. The van der Waals surface area contributed by atoms with Crippen molar-refractivity contribution in [3.8, 4) is 11.5 Å². The first-order valence-corrected chi connectivity index (χ1v) is 9.52. The molecule has 0 saturated carbocycles. The van der Waals surface area contributed by atoms with E-state index in [0.717, 1.165) is 23.1 Å². The fraction of sp³-hybridized carbons (Fsp3) is 0.364. The summed E-state index contributed by atoms with van der Waals surface area (Å²) in [7, 11) is 3.20.